The molecule has 1 heterocycles. The van der Waals surface area contributed by atoms with Crippen molar-refractivity contribution >= 4 is 17.1 Å². The van der Waals surface area contributed by atoms with Crippen molar-refractivity contribution in [3.05, 3.63) is 16.1 Å². The van der Waals surface area contributed by atoms with E-state index in [-0.39, 0.29) is 0 Å². The molecule has 2 rings (SSSR count). The highest BCUT2D eigenvalue weighted by Gasteiger charge is 2.28. The molecule has 1 aliphatic carbocycles. The topological polar surface area (TPSA) is 30.0 Å². The number of aromatic nitrogens is 1. The van der Waals surface area contributed by atoms with Gasteiger partial charge in [-0.15, -0.1) is 11.3 Å². The van der Waals surface area contributed by atoms with Crippen LogP contribution in [0, 0.1) is 18.8 Å². The van der Waals surface area contributed by atoms with Crippen LogP contribution < -0.4 is 0 Å². The molecule has 0 spiro atoms. The lowest BCUT2D eigenvalue weighted by Crippen LogP contribution is -2.14. The molecule has 2 unspecified atom stereocenters. The summed E-state index contributed by atoms with van der Waals surface area (Å²) in [4.78, 5) is 16.4. The fraction of sp³-hybridized carbons (Fsp3) is 0.692. The Morgan fingerprint density at radius 1 is 1.56 bits per heavy atom. The average Bonchev–Trinajstić information content (AvgIpc) is 2.87. The molecule has 88 valence electrons. The number of rotatable bonds is 4. The molecular weight excluding hydrogens is 218 g/mol. The van der Waals surface area contributed by atoms with Gasteiger partial charge in [0.05, 0.1) is 10.7 Å². The number of aryl methyl sites for hydroxylation is 1. The minimum Gasteiger partial charge on any atom is -0.299 e. The van der Waals surface area contributed by atoms with Crippen LogP contribution in [-0.4, -0.2) is 10.8 Å². The molecule has 1 aromatic heterocycles. The second-order valence-electron chi connectivity index (χ2n) is 4.79. The van der Waals surface area contributed by atoms with Gasteiger partial charge in [-0.25, -0.2) is 4.98 Å². The van der Waals surface area contributed by atoms with Gasteiger partial charge < -0.3 is 0 Å². The number of carbonyl (C=O) groups excluding carboxylic acids is 1. The minimum absolute atomic E-state index is 0.312. The number of ketones is 1. The van der Waals surface area contributed by atoms with Gasteiger partial charge in [0.15, 0.2) is 0 Å². The van der Waals surface area contributed by atoms with Crippen LogP contribution >= 0.6 is 11.3 Å². The summed E-state index contributed by atoms with van der Waals surface area (Å²) < 4.78 is 0. The van der Waals surface area contributed by atoms with Gasteiger partial charge in [-0.05, 0) is 32.1 Å². The third-order valence-electron chi connectivity index (χ3n) is 3.60. The predicted molar refractivity (Wildman–Crippen MR) is 66.7 cm³/mol. The number of hydrogen-bond acceptors (Lipinski definition) is 3. The van der Waals surface area contributed by atoms with Gasteiger partial charge >= 0.3 is 0 Å². The van der Waals surface area contributed by atoms with Gasteiger partial charge in [0, 0.05) is 17.7 Å². The standard InChI is InChI=1S/C13H19NOS/c1-3-10-4-5-11(6-10)13(15)7-12-8-16-9(2)14-12/h8,10-11H,3-7H2,1-2H3. The minimum atomic E-state index is 0.312. The van der Waals surface area contributed by atoms with E-state index in [1.165, 1.54) is 12.8 Å². The van der Waals surface area contributed by atoms with Crippen molar-refractivity contribution in [2.75, 3.05) is 0 Å². The van der Waals surface area contributed by atoms with E-state index in [1.54, 1.807) is 11.3 Å². The number of nitrogens with zero attached hydrogens (tertiary/aromatic N) is 1. The summed E-state index contributed by atoms with van der Waals surface area (Å²) in [5.41, 5.74) is 0.965. The van der Waals surface area contributed by atoms with E-state index in [0.29, 0.717) is 18.1 Å². The Morgan fingerprint density at radius 3 is 2.94 bits per heavy atom. The Morgan fingerprint density at radius 2 is 2.38 bits per heavy atom. The fourth-order valence-corrected chi connectivity index (χ4v) is 3.16. The monoisotopic (exact) mass is 237 g/mol. The smallest absolute Gasteiger partial charge is 0.141 e. The van der Waals surface area contributed by atoms with Gasteiger partial charge in [-0.3, -0.25) is 4.79 Å². The van der Waals surface area contributed by atoms with Crippen molar-refractivity contribution in [3.63, 3.8) is 0 Å². The van der Waals surface area contributed by atoms with Crippen molar-refractivity contribution in [3.8, 4) is 0 Å². The molecule has 3 heteroatoms. The summed E-state index contributed by atoms with van der Waals surface area (Å²) in [5.74, 6) is 1.50. The lowest BCUT2D eigenvalue weighted by molar-refractivity contribution is -0.122. The summed E-state index contributed by atoms with van der Waals surface area (Å²) in [7, 11) is 0. The molecule has 1 aliphatic rings. The first kappa shape index (κ1) is 11.8. The van der Waals surface area contributed by atoms with Gasteiger partial charge in [0.25, 0.3) is 0 Å². The van der Waals surface area contributed by atoms with Crippen LogP contribution in [0.1, 0.15) is 43.3 Å². The first-order chi connectivity index (χ1) is 7.69. The Hall–Kier alpha value is -0.700. The summed E-state index contributed by atoms with van der Waals surface area (Å²) in [6, 6.07) is 0. The first-order valence-corrected chi connectivity index (χ1v) is 7.00. The largest absolute Gasteiger partial charge is 0.299 e. The van der Waals surface area contributed by atoms with Gasteiger partial charge in [-0.1, -0.05) is 13.3 Å². The van der Waals surface area contributed by atoms with Crippen LogP contribution in [0.25, 0.3) is 0 Å². The van der Waals surface area contributed by atoms with Crippen molar-refractivity contribution in [2.24, 2.45) is 11.8 Å². The van der Waals surface area contributed by atoms with Gasteiger partial charge in [-0.2, -0.15) is 0 Å². The van der Waals surface area contributed by atoms with E-state index in [9.17, 15) is 4.79 Å². The molecule has 0 N–H and O–H groups in total. The highest BCUT2D eigenvalue weighted by molar-refractivity contribution is 7.09. The van der Waals surface area contributed by atoms with Crippen LogP contribution in [0.5, 0.6) is 0 Å². The van der Waals surface area contributed by atoms with Crippen molar-refractivity contribution < 1.29 is 4.79 Å². The summed E-state index contributed by atoms with van der Waals surface area (Å²) >= 11 is 1.63. The average molecular weight is 237 g/mol. The van der Waals surface area contributed by atoms with Crippen molar-refractivity contribution in [1.82, 2.24) is 4.98 Å². The SMILES string of the molecule is CCC1CCC(C(=O)Cc2csc(C)n2)C1. The van der Waals surface area contributed by atoms with E-state index >= 15 is 0 Å². The van der Waals surface area contributed by atoms with E-state index in [0.717, 1.165) is 29.5 Å². The molecular formula is C13H19NOS. The molecule has 2 nitrogen and oxygen atoms in total. The summed E-state index contributed by atoms with van der Waals surface area (Å²) in [6.07, 6.45) is 5.22. The van der Waals surface area contributed by atoms with E-state index < -0.39 is 0 Å². The van der Waals surface area contributed by atoms with E-state index in [4.69, 9.17) is 0 Å². The quantitative estimate of drug-likeness (QED) is 0.803. The zero-order valence-electron chi connectivity index (χ0n) is 10.0. The van der Waals surface area contributed by atoms with E-state index in [2.05, 4.69) is 11.9 Å². The summed E-state index contributed by atoms with van der Waals surface area (Å²) in [5, 5.41) is 3.07. The Kier molecular flexibility index (Phi) is 3.74. The molecule has 0 radical (unpaired) electrons. The maximum absolute atomic E-state index is 12.1. The lowest BCUT2D eigenvalue weighted by atomic mass is 9.97. The second kappa shape index (κ2) is 5.09. The first-order valence-electron chi connectivity index (χ1n) is 6.12. The van der Waals surface area contributed by atoms with E-state index in [1.807, 2.05) is 12.3 Å². The molecule has 1 fully saturated rings. The molecule has 2 atom stereocenters. The van der Waals surface area contributed by atoms with Crippen molar-refractivity contribution in [2.45, 2.75) is 46.0 Å². The van der Waals surface area contributed by atoms with Crippen molar-refractivity contribution in [1.29, 1.82) is 0 Å². The van der Waals surface area contributed by atoms with Crippen LogP contribution in [-0.2, 0) is 11.2 Å². The normalized spacial score (nSPS) is 24.9. The number of hydrogen-bond donors (Lipinski definition) is 0. The van der Waals surface area contributed by atoms with Crippen LogP contribution in [0.3, 0.4) is 0 Å². The second-order valence-corrected chi connectivity index (χ2v) is 5.85. The maximum atomic E-state index is 12.1. The molecule has 0 amide bonds. The highest BCUT2D eigenvalue weighted by atomic mass is 32.1. The zero-order chi connectivity index (χ0) is 11.5. The third kappa shape index (κ3) is 2.70. The molecule has 0 saturated heterocycles. The highest BCUT2D eigenvalue weighted by Crippen LogP contribution is 2.33. The number of Topliss-reactive ketones (excluding diaryl/α,β-unsaturated/α-hetero) is 1. The van der Waals surface area contributed by atoms with Crippen LogP contribution in [0.15, 0.2) is 5.38 Å². The Balaban J connectivity index is 1.89. The molecule has 1 saturated carbocycles. The van der Waals surface area contributed by atoms with Gasteiger partial charge in [0.2, 0.25) is 0 Å². The number of thiazole rings is 1. The molecule has 0 aromatic carbocycles. The number of carbonyl (C=O) groups is 1. The molecule has 0 bridgehead atoms. The summed E-state index contributed by atoms with van der Waals surface area (Å²) in [6.45, 7) is 4.21. The molecule has 1 aromatic rings. The lowest BCUT2D eigenvalue weighted by Gasteiger charge is -2.07. The van der Waals surface area contributed by atoms with Crippen LogP contribution in [0.2, 0.25) is 0 Å². The molecule has 16 heavy (non-hydrogen) atoms. The maximum Gasteiger partial charge on any atom is 0.141 e. The third-order valence-corrected chi connectivity index (χ3v) is 4.42. The van der Waals surface area contributed by atoms with Crippen LogP contribution in [0.4, 0.5) is 0 Å². The Labute approximate surface area is 101 Å². The zero-order valence-corrected chi connectivity index (χ0v) is 10.8. The fourth-order valence-electron chi connectivity index (χ4n) is 2.55. The Bertz CT molecular complexity index is 372. The van der Waals surface area contributed by atoms with Gasteiger partial charge in [0.1, 0.15) is 5.78 Å². The molecule has 0 aliphatic heterocycles. The predicted octanol–water partition coefficient (Wildman–Crippen LogP) is 3.39.